The highest BCUT2D eigenvalue weighted by molar-refractivity contribution is 6.38. The third kappa shape index (κ3) is 6.79. The number of benzene rings is 2. The number of aromatic nitrogens is 1. The van der Waals surface area contributed by atoms with E-state index in [-0.39, 0.29) is 6.10 Å². The highest BCUT2D eigenvalue weighted by Gasteiger charge is 2.12. The van der Waals surface area contributed by atoms with Gasteiger partial charge in [-0.1, -0.05) is 47.5 Å². The molecular weight excluding hydrogens is 433 g/mol. The standard InChI is InChI=1S/C24H29Cl2N3O2/c1-16(21-10-9-17-7-3-4-8-22(17)29-21)31-12-6-2-5-11-28-15-23(30)18-13-19(25)24(27)20(26)14-18/h3-4,7-10,13-14,16,23,28,30H,2,5-6,11-12,15,27H2,1H3. The zero-order valence-corrected chi connectivity index (χ0v) is 19.2. The van der Waals surface area contributed by atoms with E-state index < -0.39 is 6.10 Å². The minimum Gasteiger partial charge on any atom is -0.396 e. The maximum atomic E-state index is 10.3. The lowest BCUT2D eigenvalue weighted by Gasteiger charge is -2.15. The van der Waals surface area contributed by atoms with Crippen LogP contribution in [0.4, 0.5) is 5.69 Å². The van der Waals surface area contributed by atoms with Gasteiger partial charge in [-0.2, -0.15) is 0 Å². The first-order valence-corrected chi connectivity index (χ1v) is 11.3. The predicted molar refractivity (Wildman–Crippen MR) is 129 cm³/mol. The molecule has 0 aliphatic heterocycles. The molecule has 0 aliphatic rings. The number of halogens is 2. The summed E-state index contributed by atoms with van der Waals surface area (Å²) < 4.78 is 5.95. The molecule has 0 aliphatic carbocycles. The van der Waals surface area contributed by atoms with Crippen molar-refractivity contribution in [3.8, 4) is 0 Å². The number of nitrogens with one attached hydrogen (secondary N) is 1. The van der Waals surface area contributed by atoms with E-state index in [1.165, 1.54) is 0 Å². The van der Waals surface area contributed by atoms with Gasteiger partial charge in [-0.25, -0.2) is 0 Å². The van der Waals surface area contributed by atoms with Gasteiger partial charge in [0, 0.05) is 18.5 Å². The molecule has 5 nitrogen and oxygen atoms in total. The summed E-state index contributed by atoms with van der Waals surface area (Å²) >= 11 is 12.1. The summed E-state index contributed by atoms with van der Waals surface area (Å²) in [7, 11) is 0. The molecule has 0 bridgehead atoms. The fourth-order valence-electron chi connectivity index (χ4n) is 3.34. The molecular formula is C24H29Cl2N3O2. The molecule has 31 heavy (non-hydrogen) atoms. The van der Waals surface area contributed by atoms with E-state index in [1.807, 2.05) is 31.2 Å². The number of anilines is 1. The van der Waals surface area contributed by atoms with Gasteiger partial charge in [0.1, 0.15) is 0 Å². The van der Waals surface area contributed by atoms with Gasteiger partial charge in [0.25, 0.3) is 0 Å². The van der Waals surface area contributed by atoms with Crippen LogP contribution in [0.25, 0.3) is 10.9 Å². The maximum absolute atomic E-state index is 10.3. The lowest BCUT2D eigenvalue weighted by Crippen LogP contribution is -2.22. The van der Waals surface area contributed by atoms with E-state index in [0.29, 0.717) is 34.4 Å². The highest BCUT2D eigenvalue weighted by Crippen LogP contribution is 2.31. The van der Waals surface area contributed by atoms with E-state index in [4.69, 9.17) is 33.7 Å². The Bertz CT molecular complexity index is 976. The minimum atomic E-state index is -0.686. The molecule has 3 rings (SSSR count). The van der Waals surface area contributed by atoms with Crippen LogP contribution >= 0.6 is 23.2 Å². The van der Waals surface area contributed by atoms with Gasteiger partial charge in [0.15, 0.2) is 0 Å². The molecule has 0 radical (unpaired) electrons. The van der Waals surface area contributed by atoms with Crippen molar-refractivity contribution >= 4 is 39.8 Å². The number of unbranched alkanes of at least 4 members (excludes halogenated alkanes) is 2. The molecule has 0 saturated carbocycles. The summed E-state index contributed by atoms with van der Waals surface area (Å²) in [5, 5.41) is 15.4. The number of aliphatic hydroxyl groups excluding tert-OH is 1. The van der Waals surface area contributed by atoms with Gasteiger partial charge in [0.2, 0.25) is 0 Å². The average molecular weight is 462 g/mol. The van der Waals surface area contributed by atoms with Crippen molar-refractivity contribution in [1.82, 2.24) is 10.3 Å². The molecule has 0 spiro atoms. The molecule has 3 aromatic rings. The molecule has 4 N–H and O–H groups in total. The van der Waals surface area contributed by atoms with Gasteiger partial charge >= 0.3 is 0 Å². The third-order valence-electron chi connectivity index (χ3n) is 5.23. The van der Waals surface area contributed by atoms with Crippen molar-refractivity contribution < 1.29 is 9.84 Å². The Morgan fingerprint density at radius 3 is 2.58 bits per heavy atom. The summed E-state index contributed by atoms with van der Waals surface area (Å²) in [6, 6.07) is 15.5. The van der Waals surface area contributed by atoms with Crippen LogP contribution in [-0.2, 0) is 4.74 Å². The van der Waals surface area contributed by atoms with E-state index in [2.05, 4.69) is 22.4 Å². The Morgan fingerprint density at radius 2 is 1.81 bits per heavy atom. The molecule has 0 amide bonds. The van der Waals surface area contributed by atoms with Gasteiger partial charge in [-0.05, 0) is 62.6 Å². The topological polar surface area (TPSA) is 80.4 Å². The molecule has 0 fully saturated rings. The van der Waals surface area contributed by atoms with Crippen LogP contribution in [0.15, 0.2) is 48.5 Å². The maximum Gasteiger partial charge on any atom is 0.0966 e. The number of ether oxygens (including phenoxy) is 1. The number of fused-ring (bicyclic) bond motifs is 1. The van der Waals surface area contributed by atoms with Gasteiger partial charge < -0.3 is 20.9 Å². The van der Waals surface area contributed by atoms with E-state index in [1.54, 1.807) is 12.1 Å². The van der Waals surface area contributed by atoms with Crippen molar-refractivity contribution in [3.05, 3.63) is 69.8 Å². The third-order valence-corrected chi connectivity index (χ3v) is 5.85. The van der Waals surface area contributed by atoms with Crippen LogP contribution in [0.3, 0.4) is 0 Å². The Kier molecular flexibility index (Phi) is 8.93. The molecule has 2 atom stereocenters. The summed E-state index contributed by atoms with van der Waals surface area (Å²) in [6.07, 6.45) is 2.30. The molecule has 7 heteroatoms. The van der Waals surface area contributed by atoms with E-state index >= 15 is 0 Å². The van der Waals surface area contributed by atoms with Gasteiger partial charge in [-0.3, -0.25) is 4.98 Å². The first kappa shape index (κ1) is 23.8. The first-order valence-electron chi connectivity index (χ1n) is 10.6. The second kappa shape index (κ2) is 11.7. The van der Waals surface area contributed by atoms with Crippen molar-refractivity contribution in [1.29, 1.82) is 0 Å². The van der Waals surface area contributed by atoms with Crippen molar-refractivity contribution in [3.63, 3.8) is 0 Å². The zero-order valence-electron chi connectivity index (χ0n) is 17.7. The fraction of sp³-hybridized carbons (Fsp3) is 0.375. The second-order valence-electron chi connectivity index (χ2n) is 7.62. The number of aliphatic hydroxyl groups is 1. The number of pyridine rings is 1. The number of nitrogen functional groups attached to an aromatic ring is 1. The Morgan fingerprint density at radius 1 is 1.06 bits per heavy atom. The highest BCUT2D eigenvalue weighted by atomic mass is 35.5. The number of nitrogens with zero attached hydrogens (tertiary/aromatic N) is 1. The SMILES string of the molecule is CC(OCCCCCNCC(O)c1cc(Cl)c(N)c(Cl)c1)c1ccc2ccccc2n1. The minimum absolute atomic E-state index is 0.0311. The molecule has 2 aromatic carbocycles. The van der Waals surface area contributed by atoms with Crippen LogP contribution < -0.4 is 11.1 Å². The van der Waals surface area contributed by atoms with Crippen molar-refractivity contribution in [2.75, 3.05) is 25.4 Å². The van der Waals surface area contributed by atoms with Gasteiger partial charge in [-0.15, -0.1) is 0 Å². The van der Waals surface area contributed by atoms with Crippen LogP contribution in [0.5, 0.6) is 0 Å². The summed E-state index contributed by atoms with van der Waals surface area (Å²) in [5.74, 6) is 0. The van der Waals surface area contributed by atoms with Crippen LogP contribution in [-0.4, -0.2) is 29.8 Å². The smallest absolute Gasteiger partial charge is 0.0966 e. The monoisotopic (exact) mass is 461 g/mol. The van der Waals surface area contributed by atoms with Crippen LogP contribution in [0.1, 0.15) is 49.7 Å². The lowest BCUT2D eigenvalue weighted by atomic mass is 10.1. The van der Waals surface area contributed by atoms with Crippen LogP contribution in [0, 0.1) is 0 Å². The number of nitrogens with two attached hydrogens (primary N) is 1. The zero-order chi connectivity index (χ0) is 22.2. The van der Waals surface area contributed by atoms with Crippen molar-refractivity contribution in [2.45, 2.75) is 38.4 Å². The quantitative estimate of drug-likeness (QED) is 0.252. The van der Waals surface area contributed by atoms with E-state index in [0.717, 1.165) is 42.4 Å². The summed E-state index contributed by atoms with van der Waals surface area (Å²) in [6.45, 7) is 3.98. The largest absolute Gasteiger partial charge is 0.396 e. The first-order chi connectivity index (χ1) is 15.0. The number of para-hydroxylation sites is 1. The average Bonchev–Trinajstić information content (AvgIpc) is 2.78. The molecule has 166 valence electrons. The number of hydrogen-bond donors (Lipinski definition) is 3. The Hall–Kier alpha value is -1.89. The van der Waals surface area contributed by atoms with E-state index in [9.17, 15) is 5.11 Å². The Balaban J connectivity index is 1.30. The lowest BCUT2D eigenvalue weighted by molar-refractivity contribution is 0.0602. The number of hydrogen-bond acceptors (Lipinski definition) is 5. The summed E-state index contributed by atoms with van der Waals surface area (Å²) in [5.41, 5.74) is 8.67. The second-order valence-corrected chi connectivity index (χ2v) is 8.44. The van der Waals surface area contributed by atoms with Crippen LogP contribution in [0.2, 0.25) is 10.0 Å². The van der Waals surface area contributed by atoms with Gasteiger partial charge in [0.05, 0.1) is 39.2 Å². The van der Waals surface area contributed by atoms with Crippen molar-refractivity contribution in [2.24, 2.45) is 0 Å². The molecule has 1 aromatic heterocycles. The molecule has 0 saturated heterocycles. The summed E-state index contributed by atoms with van der Waals surface area (Å²) in [4.78, 5) is 4.69. The fourth-order valence-corrected chi connectivity index (χ4v) is 3.84. The predicted octanol–water partition coefficient (Wildman–Crippen LogP) is 5.69. The number of rotatable bonds is 11. The Labute approximate surface area is 193 Å². The molecule has 2 unspecified atom stereocenters. The molecule has 1 heterocycles. The normalized spacial score (nSPS) is 13.4.